The third-order valence-corrected chi connectivity index (χ3v) is 3.63. The van der Waals surface area contributed by atoms with Gasteiger partial charge in [-0.2, -0.15) is 0 Å². The minimum Gasteiger partial charge on any atom is -0.334 e. The molecule has 2 heterocycles. The topological polar surface area (TPSA) is 33.2 Å². The fourth-order valence-corrected chi connectivity index (χ4v) is 2.57. The van der Waals surface area contributed by atoms with Gasteiger partial charge in [0.05, 0.1) is 0 Å². The number of fused-ring (bicyclic) bond motifs is 1. The zero-order valence-electron chi connectivity index (χ0n) is 10.3. The van der Waals surface area contributed by atoms with Gasteiger partial charge < -0.3 is 4.90 Å². The lowest BCUT2D eigenvalue weighted by Crippen LogP contribution is -2.35. The van der Waals surface area contributed by atoms with Gasteiger partial charge in [-0.15, -0.1) is 0 Å². The summed E-state index contributed by atoms with van der Waals surface area (Å²) in [6.07, 6.45) is 4.16. The molecule has 0 saturated heterocycles. The first kappa shape index (κ1) is 12.2. The van der Waals surface area contributed by atoms with E-state index in [4.69, 9.17) is 11.6 Å². The van der Waals surface area contributed by atoms with E-state index < -0.39 is 0 Å². The second-order valence-electron chi connectivity index (χ2n) is 4.63. The molecule has 0 atom stereocenters. The number of benzene rings is 1. The summed E-state index contributed by atoms with van der Waals surface area (Å²) in [7, 11) is 0. The summed E-state index contributed by atoms with van der Waals surface area (Å²) >= 11 is 6.01. The molecule has 3 nitrogen and oxygen atoms in total. The van der Waals surface area contributed by atoms with Gasteiger partial charge in [-0.25, -0.2) is 0 Å². The van der Waals surface area contributed by atoms with Gasteiger partial charge in [-0.3, -0.25) is 9.78 Å². The van der Waals surface area contributed by atoms with Crippen LogP contribution >= 0.6 is 11.6 Å². The van der Waals surface area contributed by atoms with Crippen molar-refractivity contribution in [2.75, 3.05) is 6.54 Å². The molecule has 0 N–H and O–H groups in total. The van der Waals surface area contributed by atoms with Crippen LogP contribution in [0.1, 0.15) is 21.5 Å². The number of carbonyl (C=O) groups is 1. The summed E-state index contributed by atoms with van der Waals surface area (Å²) in [5.41, 5.74) is 3.10. The molecule has 1 aromatic heterocycles. The summed E-state index contributed by atoms with van der Waals surface area (Å²) in [6.45, 7) is 1.37. The number of carbonyl (C=O) groups excluding carboxylic acids is 1. The van der Waals surface area contributed by atoms with E-state index in [1.54, 1.807) is 24.5 Å². The zero-order chi connectivity index (χ0) is 13.2. The van der Waals surface area contributed by atoms with Gasteiger partial charge in [-0.1, -0.05) is 17.7 Å². The standard InChI is InChI=1S/C15H13ClN2O/c16-14-2-1-11-5-8-18(10-13(11)9-14)15(19)12-3-6-17-7-4-12/h1-4,6-7,9H,5,8,10H2. The smallest absolute Gasteiger partial charge is 0.254 e. The monoisotopic (exact) mass is 272 g/mol. The molecule has 0 fully saturated rings. The lowest BCUT2D eigenvalue weighted by molar-refractivity contribution is 0.0734. The highest BCUT2D eigenvalue weighted by atomic mass is 35.5. The maximum absolute atomic E-state index is 12.4. The predicted molar refractivity (Wildman–Crippen MR) is 74.1 cm³/mol. The van der Waals surface area contributed by atoms with Crippen LogP contribution in [0.5, 0.6) is 0 Å². The number of hydrogen-bond acceptors (Lipinski definition) is 2. The molecule has 0 spiro atoms. The molecular formula is C15H13ClN2O. The van der Waals surface area contributed by atoms with E-state index in [1.807, 2.05) is 23.1 Å². The van der Waals surface area contributed by atoms with Gasteiger partial charge in [0.2, 0.25) is 0 Å². The van der Waals surface area contributed by atoms with Crippen molar-refractivity contribution in [3.05, 3.63) is 64.4 Å². The van der Waals surface area contributed by atoms with E-state index in [2.05, 4.69) is 4.98 Å². The second kappa shape index (κ2) is 5.02. The highest BCUT2D eigenvalue weighted by Crippen LogP contribution is 2.23. The van der Waals surface area contributed by atoms with Crippen molar-refractivity contribution >= 4 is 17.5 Å². The Kier molecular flexibility index (Phi) is 3.22. The average Bonchev–Trinajstić information content (AvgIpc) is 2.46. The van der Waals surface area contributed by atoms with E-state index in [9.17, 15) is 4.79 Å². The highest BCUT2D eigenvalue weighted by Gasteiger charge is 2.21. The zero-order valence-corrected chi connectivity index (χ0v) is 11.1. The van der Waals surface area contributed by atoms with Crippen LogP contribution in [0.25, 0.3) is 0 Å². The van der Waals surface area contributed by atoms with Crippen molar-refractivity contribution in [1.29, 1.82) is 0 Å². The van der Waals surface area contributed by atoms with Crippen molar-refractivity contribution < 1.29 is 4.79 Å². The number of nitrogens with zero attached hydrogens (tertiary/aromatic N) is 2. The molecule has 3 rings (SSSR count). The minimum absolute atomic E-state index is 0.0491. The lowest BCUT2D eigenvalue weighted by Gasteiger charge is -2.29. The van der Waals surface area contributed by atoms with Crippen molar-refractivity contribution in [3.8, 4) is 0 Å². The molecule has 0 bridgehead atoms. The summed E-state index contributed by atoms with van der Waals surface area (Å²) in [5, 5.41) is 0.719. The molecule has 0 radical (unpaired) electrons. The number of hydrogen-bond donors (Lipinski definition) is 0. The first-order valence-electron chi connectivity index (χ1n) is 6.20. The van der Waals surface area contributed by atoms with E-state index in [1.165, 1.54) is 5.56 Å². The van der Waals surface area contributed by atoms with Gasteiger partial charge in [0.15, 0.2) is 0 Å². The van der Waals surface area contributed by atoms with E-state index in [0.717, 1.165) is 23.6 Å². The maximum Gasteiger partial charge on any atom is 0.254 e. The third-order valence-electron chi connectivity index (χ3n) is 3.40. The van der Waals surface area contributed by atoms with Crippen molar-refractivity contribution in [2.45, 2.75) is 13.0 Å². The number of rotatable bonds is 1. The molecule has 1 aliphatic heterocycles. The molecule has 0 saturated carbocycles. The molecule has 1 aromatic carbocycles. The van der Waals surface area contributed by atoms with Crippen LogP contribution < -0.4 is 0 Å². The van der Waals surface area contributed by atoms with Crippen LogP contribution in [-0.2, 0) is 13.0 Å². The Morgan fingerprint density at radius 3 is 2.74 bits per heavy atom. The minimum atomic E-state index is 0.0491. The molecule has 19 heavy (non-hydrogen) atoms. The Labute approximate surface area is 116 Å². The number of amides is 1. The normalized spacial score (nSPS) is 14.1. The lowest BCUT2D eigenvalue weighted by atomic mass is 9.99. The van der Waals surface area contributed by atoms with Gasteiger partial charge in [0, 0.05) is 36.1 Å². The Bertz CT molecular complexity index is 613. The third kappa shape index (κ3) is 2.47. The molecule has 0 unspecified atom stereocenters. The van der Waals surface area contributed by atoms with Crippen LogP contribution in [-0.4, -0.2) is 22.3 Å². The first-order chi connectivity index (χ1) is 9.24. The molecule has 96 valence electrons. The molecule has 1 aliphatic rings. The fourth-order valence-electron chi connectivity index (χ4n) is 2.38. The average molecular weight is 273 g/mol. The molecule has 1 amide bonds. The summed E-state index contributed by atoms with van der Waals surface area (Å²) in [6, 6.07) is 9.39. The van der Waals surface area contributed by atoms with Crippen molar-refractivity contribution in [1.82, 2.24) is 9.88 Å². The Balaban J connectivity index is 1.84. The largest absolute Gasteiger partial charge is 0.334 e. The van der Waals surface area contributed by atoms with Crippen LogP contribution in [0.4, 0.5) is 0 Å². The van der Waals surface area contributed by atoms with Gasteiger partial charge in [0.1, 0.15) is 0 Å². The predicted octanol–water partition coefficient (Wildman–Crippen LogP) is 2.93. The van der Waals surface area contributed by atoms with E-state index in [0.29, 0.717) is 12.1 Å². The van der Waals surface area contributed by atoms with E-state index in [-0.39, 0.29) is 5.91 Å². The van der Waals surface area contributed by atoms with E-state index >= 15 is 0 Å². The van der Waals surface area contributed by atoms with Crippen molar-refractivity contribution in [2.24, 2.45) is 0 Å². The number of pyridine rings is 1. The molecular weight excluding hydrogens is 260 g/mol. The number of aromatic nitrogens is 1. The first-order valence-corrected chi connectivity index (χ1v) is 6.58. The van der Waals surface area contributed by atoms with Crippen LogP contribution in [0, 0.1) is 0 Å². The second-order valence-corrected chi connectivity index (χ2v) is 5.06. The molecule has 2 aromatic rings. The molecule has 4 heteroatoms. The van der Waals surface area contributed by atoms with Crippen LogP contribution in [0.3, 0.4) is 0 Å². The number of halogens is 1. The summed E-state index contributed by atoms with van der Waals surface area (Å²) in [5.74, 6) is 0.0491. The quantitative estimate of drug-likeness (QED) is 0.800. The Morgan fingerprint density at radius 2 is 1.95 bits per heavy atom. The Morgan fingerprint density at radius 1 is 1.16 bits per heavy atom. The highest BCUT2D eigenvalue weighted by molar-refractivity contribution is 6.30. The van der Waals surface area contributed by atoms with Crippen molar-refractivity contribution in [3.63, 3.8) is 0 Å². The SMILES string of the molecule is O=C(c1ccncc1)N1CCc2ccc(Cl)cc2C1. The fraction of sp³-hybridized carbons (Fsp3) is 0.200. The van der Waals surface area contributed by atoms with Crippen LogP contribution in [0.15, 0.2) is 42.7 Å². The van der Waals surface area contributed by atoms with Gasteiger partial charge in [-0.05, 0) is 41.8 Å². The van der Waals surface area contributed by atoms with Gasteiger partial charge in [0.25, 0.3) is 5.91 Å². The maximum atomic E-state index is 12.4. The molecule has 0 aliphatic carbocycles. The van der Waals surface area contributed by atoms with Gasteiger partial charge >= 0.3 is 0 Å². The summed E-state index contributed by atoms with van der Waals surface area (Å²) in [4.78, 5) is 18.1. The summed E-state index contributed by atoms with van der Waals surface area (Å²) < 4.78 is 0. The van der Waals surface area contributed by atoms with Crippen LogP contribution in [0.2, 0.25) is 5.02 Å². The Hall–Kier alpha value is -1.87.